The molecule has 1 aliphatic rings. The summed E-state index contributed by atoms with van der Waals surface area (Å²) in [7, 11) is 0. The van der Waals surface area contributed by atoms with Crippen LogP contribution in [0.4, 0.5) is 10.7 Å². The fourth-order valence-corrected chi connectivity index (χ4v) is 3.20. The number of rotatable bonds is 7. The maximum atomic E-state index is 12.0. The van der Waals surface area contributed by atoms with E-state index in [0.29, 0.717) is 6.54 Å². The number of urea groups is 1. The van der Waals surface area contributed by atoms with E-state index < -0.39 is 0 Å². The lowest BCUT2D eigenvalue weighted by atomic mass is 10.1. The normalized spacial score (nSPS) is 16.0. The lowest BCUT2D eigenvalue weighted by Crippen LogP contribution is -2.47. The van der Waals surface area contributed by atoms with Gasteiger partial charge in [-0.3, -0.25) is 4.90 Å². The second kappa shape index (κ2) is 9.87. The van der Waals surface area contributed by atoms with Crippen LogP contribution in [0.15, 0.2) is 48.8 Å². The molecule has 0 bridgehead atoms. The van der Waals surface area contributed by atoms with Gasteiger partial charge in [-0.15, -0.1) is 0 Å². The van der Waals surface area contributed by atoms with Crippen LogP contribution in [0, 0.1) is 0 Å². The van der Waals surface area contributed by atoms with Gasteiger partial charge in [0.15, 0.2) is 0 Å². The fraction of sp³-hybridized carbons (Fsp3) is 0.450. The second-order valence-corrected chi connectivity index (χ2v) is 6.76. The molecule has 2 heterocycles. The Labute approximate surface area is 160 Å². The molecular formula is C20H28N6O. The quantitative estimate of drug-likeness (QED) is 0.732. The predicted octanol–water partition coefficient (Wildman–Crippen LogP) is 2.05. The number of nitrogens with one attached hydrogen (secondary N) is 2. The average Bonchev–Trinajstić information content (AvgIpc) is 2.73. The minimum absolute atomic E-state index is 0.000479. The van der Waals surface area contributed by atoms with Gasteiger partial charge in [0.05, 0.1) is 6.04 Å². The highest BCUT2D eigenvalue weighted by Gasteiger charge is 2.18. The molecule has 0 spiro atoms. The Balaban J connectivity index is 1.29. The Hall–Kier alpha value is -2.67. The molecular weight excluding hydrogens is 340 g/mol. The van der Waals surface area contributed by atoms with E-state index in [2.05, 4.69) is 30.4 Å². The van der Waals surface area contributed by atoms with E-state index in [1.165, 1.54) is 0 Å². The number of carbonyl (C=O) groups is 1. The third-order valence-corrected chi connectivity index (χ3v) is 4.79. The molecule has 2 aromatic rings. The van der Waals surface area contributed by atoms with Crippen LogP contribution in [0.2, 0.25) is 0 Å². The number of hydrogen-bond donors (Lipinski definition) is 2. The number of aromatic nitrogens is 2. The summed E-state index contributed by atoms with van der Waals surface area (Å²) in [6.07, 6.45) is 4.50. The highest BCUT2D eigenvalue weighted by Crippen LogP contribution is 2.11. The second-order valence-electron chi connectivity index (χ2n) is 6.76. The van der Waals surface area contributed by atoms with E-state index in [1.54, 1.807) is 12.4 Å². The molecule has 1 aliphatic heterocycles. The van der Waals surface area contributed by atoms with Gasteiger partial charge in [-0.1, -0.05) is 30.3 Å². The zero-order valence-corrected chi connectivity index (χ0v) is 15.8. The summed E-state index contributed by atoms with van der Waals surface area (Å²) in [5.74, 6) is 0.808. The number of nitrogens with zero attached hydrogens (tertiary/aromatic N) is 4. The van der Waals surface area contributed by atoms with Crippen molar-refractivity contribution in [2.75, 3.05) is 44.2 Å². The van der Waals surface area contributed by atoms with Gasteiger partial charge in [-0.05, 0) is 31.5 Å². The molecule has 0 unspecified atom stereocenters. The molecule has 2 N–H and O–H groups in total. The van der Waals surface area contributed by atoms with Crippen LogP contribution in [-0.2, 0) is 0 Å². The van der Waals surface area contributed by atoms with Crippen LogP contribution in [0.25, 0.3) is 0 Å². The summed E-state index contributed by atoms with van der Waals surface area (Å²) in [6, 6.07) is 11.7. The maximum absolute atomic E-state index is 12.0. The summed E-state index contributed by atoms with van der Waals surface area (Å²) in [4.78, 5) is 25.3. The highest BCUT2D eigenvalue weighted by molar-refractivity contribution is 5.74. The van der Waals surface area contributed by atoms with Crippen molar-refractivity contribution in [3.63, 3.8) is 0 Å². The first-order chi connectivity index (χ1) is 13.2. The van der Waals surface area contributed by atoms with E-state index in [1.807, 2.05) is 43.3 Å². The Kier molecular flexibility index (Phi) is 6.98. The first-order valence-corrected chi connectivity index (χ1v) is 9.56. The molecule has 0 aliphatic carbocycles. The Morgan fingerprint density at radius 2 is 1.78 bits per heavy atom. The number of hydrogen-bond acceptors (Lipinski definition) is 5. The molecule has 0 saturated carbocycles. The number of anilines is 1. The van der Waals surface area contributed by atoms with Gasteiger partial charge in [-0.25, -0.2) is 14.8 Å². The number of piperazine rings is 1. The summed E-state index contributed by atoms with van der Waals surface area (Å²) >= 11 is 0. The molecule has 1 aromatic heterocycles. The molecule has 7 nitrogen and oxygen atoms in total. The van der Waals surface area contributed by atoms with Crippen molar-refractivity contribution < 1.29 is 4.79 Å². The summed E-state index contributed by atoms with van der Waals surface area (Å²) in [5, 5.41) is 5.92. The van der Waals surface area contributed by atoms with Crippen LogP contribution >= 0.6 is 0 Å². The summed E-state index contributed by atoms with van der Waals surface area (Å²) < 4.78 is 0. The summed E-state index contributed by atoms with van der Waals surface area (Å²) in [5.41, 5.74) is 1.10. The molecule has 0 radical (unpaired) electrons. The van der Waals surface area contributed by atoms with Crippen LogP contribution in [0.5, 0.6) is 0 Å². The minimum Gasteiger partial charge on any atom is -0.338 e. The van der Waals surface area contributed by atoms with E-state index in [-0.39, 0.29) is 12.1 Å². The number of benzene rings is 1. The van der Waals surface area contributed by atoms with Gasteiger partial charge < -0.3 is 15.5 Å². The molecule has 1 saturated heterocycles. The molecule has 144 valence electrons. The zero-order valence-electron chi connectivity index (χ0n) is 15.8. The van der Waals surface area contributed by atoms with Gasteiger partial charge in [-0.2, -0.15) is 0 Å². The number of amides is 2. The first kappa shape index (κ1) is 19.1. The molecule has 1 fully saturated rings. The molecule has 3 rings (SSSR count). The Bertz CT molecular complexity index is 688. The molecule has 1 atom stereocenters. The van der Waals surface area contributed by atoms with Crippen molar-refractivity contribution in [3.8, 4) is 0 Å². The average molecular weight is 368 g/mol. The topological polar surface area (TPSA) is 73.4 Å². The van der Waals surface area contributed by atoms with Gasteiger partial charge >= 0.3 is 6.03 Å². The van der Waals surface area contributed by atoms with Crippen molar-refractivity contribution >= 4 is 12.0 Å². The molecule has 1 aromatic carbocycles. The van der Waals surface area contributed by atoms with Crippen LogP contribution < -0.4 is 15.5 Å². The number of carbonyl (C=O) groups excluding carboxylic acids is 1. The van der Waals surface area contributed by atoms with E-state index >= 15 is 0 Å². The monoisotopic (exact) mass is 368 g/mol. The van der Waals surface area contributed by atoms with Crippen molar-refractivity contribution in [1.29, 1.82) is 0 Å². The van der Waals surface area contributed by atoms with Crippen molar-refractivity contribution in [1.82, 2.24) is 25.5 Å². The van der Waals surface area contributed by atoms with E-state index in [4.69, 9.17) is 0 Å². The fourth-order valence-electron chi connectivity index (χ4n) is 3.20. The third kappa shape index (κ3) is 5.92. The maximum Gasteiger partial charge on any atom is 0.315 e. The van der Waals surface area contributed by atoms with Gasteiger partial charge in [0.25, 0.3) is 0 Å². The van der Waals surface area contributed by atoms with Crippen LogP contribution in [0.3, 0.4) is 0 Å². The van der Waals surface area contributed by atoms with Crippen LogP contribution in [0.1, 0.15) is 24.9 Å². The van der Waals surface area contributed by atoms with Crippen molar-refractivity contribution in [2.24, 2.45) is 0 Å². The molecule has 27 heavy (non-hydrogen) atoms. The highest BCUT2D eigenvalue weighted by atomic mass is 16.2. The lowest BCUT2D eigenvalue weighted by molar-refractivity contribution is 0.233. The van der Waals surface area contributed by atoms with Crippen LogP contribution in [-0.4, -0.2) is 60.2 Å². The Morgan fingerprint density at radius 3 is 2.48 bits per heavy atom. The van der Waals surface area contributed by atoms with E-state index in [0.717, 1.165) is 50.7 Å². The minimum atomic E-state index is -0.114. The standard InChI is InChI=1S/C20H28N6O/c1-17(18-7-3-2-4-8-18)24-20(27)23-11-6-12-25-13-15-26(16-14-25)19-21-9-5-10-22-19/h2-5,7-10,17H,6,11-16H2,1H3,(H2,23,24,27)/t17-/m0/s1. The van der Waals surface area contributed by atoms with Gasteiger partial charge in [0.1, 0.15) is 0 Å². The lowest BCUT2D eigenvalue weighted by Gasteiger charge is -2.34. The smallest absolute Gasteiger partial charge is 0.315 e. The van der Waals surface area contributed by atoms with Crippen molar-refractivity contribution in [3.05, 3.63) is 54.4 Å². The SMILES string of the molecule is C[C@H](NC(=O)NCCCN1CCN(c2ncccn2)CC1)c1ccccc1. The first-order valence-electron chi connectivity index (χ1n) is 9.56. The largest absolute Gasteiger partial charge is 0.338 e. The third-order valence-electron chi connectivity index (χ3n) is 4.79. The van der Waals surface area contributed by atoms with Crippen molar-refractivity contribution in [2.45, 2.75) is 19.4 Å². The summed E-state index contributed by atoms with van der Waals surface area (Å²) in [6.45, 7) is 7.52. The Morgan fingerprint density at radius 1 is 1.07 bits per heavy atom. The van der Waals surface area contributed by atoms with Gasteiger partial charge in [0, 0.05) is 45.1 Å². The van der Waals surface area contributed by atoms with E-state index in [9.17, 15) is 4.79 Å². The van der Waals surface area contributed by atoms with Gasteiger partial charge in [0.2, 0.25) is 5.95 Å². The zero-order chi connectivity index (χ0) is 18.9. The molecule has 7 heteroatoms. The predicted molar refractivity (Wildman–Crippen MR) is 107 cm³/mol. The molecule has 2 amide bonds.